The van der Waals surface area contributed by atoms with E-state index in [9.17, 15) is 4.79 Å². The quantitative estimate of drug-likeness (QED) is 0.725. The highest BCUT2D eigenvalue weighted by Gasteiger charge is 2.17. The molecule has 0 bridgehead atoms. The van der Waals surface area contributed by atoms with Crippen LogP contribution in [0.5, 0.6) is 23.0 Å². The van der Waals surface area contributed by atoms with E-state index in [2.05, 4.69) is 0 Å². The van der Waals surface area contributed by atoms with Crippen LogP contribution in [-0.4, -0.2) is 19.5 Å². The largest absolute Gasteiger partial charge is 0.493 e. The number of carbonyl (C=O) groups is 1. The first-order valence-corrected chi connectivity index (χ1v) is 7.53. The number of rotatable bonds is 6. The molecule has 0 aliphatic carbocycles. The van der Waals surface area contributed by atoms with Crippen molar-refractivity contribution in [3.63, 3.8) is 0 Å². The van der Waals surface area contributed by atoms with Crippen LogP contribution in [0.15, 0.2) is 30.3 Å². The van der Waals surface area contributed by atoms with Crippen molar-refractivity contribution in [2.45, 2.75) is 33.8 Å². The van der Waals surface area contributed by atoms with Gasteiger partial charge >= 0.3 is 0 Å². The van der Waals surface area contributed by atoms with E-state index in [1.165, 1.54) is 7.11 Å². The molecule has 0 saturated carbocycles. The van der Waals surface area contributed by atoms with Gasteiger partial charge in [-0.1, -0.05) is 17.7 Å². The molecule has 0 atom stereocenters. The monoisotopic (exact) mass is 314 g/mol. The van der Waals surface area contributed by atoms with Gasteiger partial charge in [0.15, 0.2) is 11.5 Å². The Bertz CT molecular complexity index is 705. The molecule has 0 heterocycles. The smallest absolute Gasteiger partial charge is 0.204 e. The number of carbonyl (C=O) groups excluding carboxylic acids is 1. The van der Waals surface area contributed by atoms with Crippen molar-refractivity contribution in [3.05, 3.63) is 47.0 Å². The third-order valence-corrected chi connectivity index (χ3v) is 3.30. The number of methoxy groups -OCH3 is 1. The van der Waals surface area contributed by atoms with Crippen molar-refractivity contribution >= 4 is 6.29 Å². The molecule has 0 unspecified atom stereocenters. The second-order valence-corrected chi connectivity index (χ2v) is 5.71. The summed E-state index contributed by atoms with van der Waals surface area (Å²) >= 11 is 0. The van der Waals surface area contributed by atoms with Gasteiger partial charge in [-0.2, -0.15) is 0 Å². The second-order valence-electron chi connectivity index (χ2n) is 5.71. The summed E-state index contributed by atoms with van der Waals surface area (Å²) in [5, 5.41) is 0. The van der Waals surface area contributed by atoms with E-state index in [1.54, 1.807) is 12.1 Å². The predicted molar refractivity (Wildman–Crippen MR) is 90.1 cm³/mol. The summed E-state index contributed by atoms with van der Waals surface area (Å²) in [6.07, 6.45) is 0.712. The SMILES string of the molecule is COc1cc(C=O)cc(Oc2ccc(C)cc2C)c1OC(C)C. The first-order valence-electron chi connectivity index (χ1n) is 7.53. The number of aldehydes is 1. The molecule has 0 aliphatic heterocycles. The summed E-state index contributed by atoms with van der Waals surface area (Å²) < 4.78 is 17.2. The summed E-state index contributed by atoms with van der Waals surface area (Å²) in [7, 11) is 1.54. The minimum atomic E-state index is -0.0487. The molecule has 4 heteroatoms. The maximum Gasteiger partial charge on any atom is 0.204 e. The minimum Gasteiger partial charge on any atom is -0.493 e. The van der Waals surface area contributed by atoms with Gasteiger partial charge in [0.05, 0.1) is 13.2 Å². The fraction of sp³-hybridized carbons (Fsp3) is 0.316. The van der Waals surface area contributed by atoms with Gasteiger partial charge < -0.3 is 14.2 Å². The molecule has 0 amide bonds. The van der Waals surface area contributed by atoms with Gasteiger partial charge in [-0.3, -0.25) is 4.79 Å². The molecule has 0 saturated heterocycles. The second kappa shape index (κ2) is 7.18. The summed E-state index contributed by atoms with van der Waals surface area (Å²) in [5.41, 5.74) is 2.64. The van der Waals surface area contributed by atoms with E-state index in [4.69, 9.17) is 14.2 Å². The van der Waals surface area contributed by atoms with Crippen LogP contribution in [-0.2, 0) is 0 Å². The normalized spacial score (nSPS) is 10.5. The Kier molecular flexibility index (Phi) is 5.27. The Hall–Kier alpha value is -2.49. The Morgan fingerprint density at radius 2 is 1.70 bits per heavy atom. The van der Waals surface area contributed by atoms with Gasteiger partial charge in [0.2, 0.25) is 5.75 Å². The molecule has 2 rings (SSSR count). The first kappa shape index (κ1) is 16.9. The lowest BCUT2D eigenvalue weighted by molar-refractivity contribution is 0.112. The maximum absolute atomic E-state index is 11.2. The maximum atomic E-state index is 11.2. The molecule has 23 heavy (non-hydrogen) atoms. The van der Waals surface area contributed by atoms with E-state index >= 15 is 0 Å². The number of hydrogen-bond acceptors (Lipinski definition) is 4. The van der Waals surface area contributed by atoms with Crippen molar-refractivity contribution < 1.29 is 19.0 Å². The molecule has 0 radical (unpaired) electrons. The highest BCUT2D eigenvalue weighted by molar-refractivity contribution is 5.78. The Balaban J connectivity index is 2.51. The van der Waals surface area contributed by atoms with Gasteiger partial charge in [0.1, 0.15) is 12.0 Å². The van der Waals surface area contributed by atoms with Gasteiger partial charge in [-0.15, -0.1) is 0 Å². The molecule has 0 N–H and O–H groups in total. The molecule has 4 nitrogen and oxygen atoms in total. The van der Waals surface area contributed by atoms with E-state index in [-0.39, 0.29) is 6.10 Å². The molecular formula is C19H22O4. The molecule has 0 aromatic heterocycles. The van der Waals surface area contributed by atoms with Crippen LogP contribution in [0.1, 0.15) is 35.3 Å². The average molecular weight is 314 g/mol. The Labute approximate surface area is 137 Å². The lowest BCUT2D eigenvalue weighted by Crippen LogP contribution is -2.08. The molecule has 0 spiro atoms. The highest BCUT2D eigenvalue weighted by atomic mass is 16.5. The lowest BCUT2D eigenvalue weighted by atomic mass is 10.1. The molecule has 0 aliphatic rings. The van der Waals surface area contributed by atoms with Crippen LogP contribution in [0.2, 0.25) is 0 Å². The fourth-order valence-corrected chi connectivity index (χ4v) is 2.28. The van der Waals surface area contributed by atoms with Crippen molar-refractivity contribution in [3.8, 4) is 23.0 Å². The van der Waals surface area contributed by atoms with E-state index in [0.29, 0.717) is 28.6 Å². The number of hydrogen-bond donors (Lipinski definition) is 0. The topological polar surface area (TPSA) is 44.8 Å². The lowest BCUT2D eigenvalue weighted by Gasteiger charge is -2.19. The van der Waals surface area contributed by atoms with Crippen LogP contribution < -0.4 is 14.2 Å². The first-order chi connectivity index (χ1) is 10.9. The highest BCUT2D eigenvalue weighted by Crippen LogP contribution is 2.41. The number of aryl methyl sites for hydroxylation is 2. The predicted octanol–water partition coefficient (Wildman–Crippen LogP) is 4.70. The van der Waals surface area contributed by atoms with Gasteiger partial charge in [-0.05, 0) is 51.5 Å². The zero-order chi connectivity index (χ0) is 17.0. The van der Waals surface area contributed by atoms with Crippen molar-refractivity contribution in [1.82, 2.24) is 0 Å². The zero-order valence-electron chi connectivity index (χ0n) is 14.2. The molecule has 2 aromatic carbocycles. The van der Waals surface area contributed by atoms with Crippen molar-refractivity contribution in [2.24, 2.45) is 0 Å². The minimum absolute atomic E-state index is 0.0487. The van der Waals surface area contributed by atoms with E-state index < -0.39 is 0 Å². The van der Waals surface area contributed by atoms with Gasteiger partial charge in [0, 0.05) is 5.56 Å². The van der Waals surface area contributed by atoms with E-state index in [0.717, 1.165) is 17.4 Å². The summed E-state index contributed by atoms with van der Waals surface area (Å²) in [6, 6.07) is 9.22. The van der Waals surface area contributed by atoms with Gasteiger partial charge in [-0.25, -0.2) is 0 Å². The Morgan fingerprint density at radius 3 is 2.26 bits per heavy atom. The summed E-state index contributed by atoms with van der Waals surface area (Å²) in [4.78, 5) is 11.2. The van der Waals surface area contributed by atoms with Crippen LogP contribution in [0.25, 0.3) is 0 Å². The van der Waals surface area contributed by atoms with Crippen LogP contribution >= 0.6 is 0 Å². The third kappa shape index (κ3) is 4.03. The summed E-state index contributed by atoms with van der Waals surface area (Å²) in [5.74, 6) is 2.15. The molecular weight excluding hydrogens is 292 g/mol. The van der Waals surface area contributed by atoms with Crippen LogP contribution in [0, 0.1) is 13.8 Å². The van der Waals surface area contributed by atoms with Gasteiger partial charge in [0.25, 0.3) is 0 Å². The standard InChI is InChI=1S/C19H22O4/c1-12(2)22-19-17(21-5)9-15(11-20)10-18(19)23-16-7-6-13(3)8-14(16)4/h6-12H,1-5H3. The Morgan fingerprint density at radius 1 is 1.00 bits per heavy atom. The number of benzene rings is 2. The van der Waals surface area contributed by atoms with Crippen molar-refractivity contribution in [1.29, 1.82) is 0 Å². The molecule has 2 aromatic rings. The fourth-order valence-electron chi connectivity index (χ4n) is 2.28. The van der Waals surface area contributed by atoms with Crippen molar-refractivity contribution in [2.75, 3.05) is 7.11 Å². The molecule has 122 valence electrons. The third-order valence-electron chi connectivity index (χ3n) is 3.30. The zero-order valence-corrected chi connectivity index (χ0v) is 14.2. The number of ether oxygens (including phenoxy) is 3. The average Bonchev–Trinajstić information content (AvgIpc) is 2.50. The molecule has 0 fully saturated rings. The van der Waals surface area contributed by atoms with Crippen LogP contribution in [0.4, 0.5) is 0 Å². The summed E-state index contributed by atoms with van der Waals surface area (Å²) in [6.45, 7) is 7.86. The van der Waals surface area contributed by atoms with E-state index in [1.807, 2.05) is 45.9 Å². The van der Waals surface area contributed by atoms with Crippen LogP contribution in [0.3, 0.4) is 0 Å².